The number of fused-ring (bicyclic) bond motifs is 2. The van der Waals surface area contributed by atoms with Gasteiger partial charge in [-0.15, -0.1) is 0 Å². The molecule has 0 radical (unpaired) electrons. The SMILES string of the molecule is COCCN1CC2(CCN(C3CC4CCC5CC45C3)CC2)c2cc(F)ccc21. The molecule has 3 saturated carbocycles. The number of hydrogen-bond donors (Lipinski definition) is 0. The summed E-state index contributed by atoms with van der Waals surface area (Å²) in [7, 11) is 1.76. The minimum absolute atomic E-state index is 0.0864. The van der Waals surface area contributed by atoms with Gasteiger partial charge in [-0.2, -0.15) is 0 Å². The molecule has 2 heterocycles. The Hall–Kier alpha value is -1.13. The predicted octanol–water partition coefficient (Wildman–Crippen LogP) is 4.20. The number of anilines is 1. The highest BCUT2D eigenvalue weighted by Gasteiger charge is 2.66. The molecule has 5 aliphatic rings. The van der Waals surface area contributed by atoms with Gasteiger partial charge in [-0.25, -0.2) is 4.39 Å². The summed E-state index contributed by atoms with van der Waals surface area (Å²) in [5.41, 5.74) is 3.41. The maximum Gasteiger partial charge on any atom is 0.123 e. The van der Waals surface area contributed by atoms with Crippen molar-refractivity contribution < 1.29 is 9.13 Å². The van der Waals surface area contributed by atoms with Gasteiger partial charge in [0.15, 0.2) is 0 Å². The Morgan fingerprint density at radius 1 is 1.14 bits per heavy atom. The van der Waals surface area contributed by atoms with E-state index in [1.54, 1.807) is 13.2 Å². The van der Waals surface area contributed by atoms with E-state index in [1.807, 2.05) is 12.1 Å². The van der Waals surface area contributed by atoms with Gasteiger partial charge < -0.3 is 14.5 Å². The minimum atomic E-state index is -0.0864. The largest absolute Gasteiger partial charge is 0.383 e. The summed E-state index contributed by atoms with van der Waals surface area (Å²) in [4.78, 5) is 5.24. The zero-order chi connectivity index (χ0) is 18.9. The van der Waals surface area contributed by atoms with E-state index in [2.05, 4.69) is 9.80 Å². The molecular formula is C24H33FN2O. The highest BCUT2D eigenvalue weighted by Crippen LogP contribution is 2.73. The fourth-order valence-electron chi connectivity index (χ4n) is 7.77. The van der Waals surface area contributed by atoms with Gasteiger partial charge in [0, 0.05) is 37.3 Å². The first kappa shape index (κ1) is 17.7. The zero-order valence-corrected chi connectivity index (χ0v) is 17.1. The van der Waals surface area contributed by atoms with Crippen molar-refractivity contribution in [3.05, 3.63) is 29.6 Å². The Kier molecular flexibility index (Phi) is 3.91. The number of ether oxygens (including phenoxy) is 1. The van der Waals surface area contributed by atoms with Crippen LogP contribution in [0.3, 0.4) is 0 Å². The van der Waals surface area contributed by atoms with Crippen LogP contribution < -0.4 is 4.90 Å². The van der Waals surface area contributed by atoms with Crippen molar-refractivity contribution in [2.24, 2.45) is 17.3 Å². The topological polar surface area (TPSA) is 15.7 Å². The first-order chi connectivity index (χ1) is 13.6. The molecule has 4 heteroatoms. The van der Waals surface area contributed by atoms with Crippen LogP contribution in [0, 0.1) is 23.1 Å². The van der Waals surface area contributed by atoms with Crippen LogP contribution >= 0.6 is 0 Å². The molecular weight excluding hydrogens is 351 g/mol. The molecule has 4 unspecified atom stereocenters. The zero-order valence-electron chi connectivity index (χ0n) is 17.1. The number of likely N-dealkylation sites (tertiary alicyclic amines) is 1. The van der Waals surface area contributed by atoms with Crippen molar-refractivity contribution in [2.75, 3.05) is 44.8 Å². The Bertz CT molecular complexity index is 774. The van der Waals surface area contributed by atoms with Crippen molar-refractivity contribution in [3.63, 3.8) is 0 Å². The molecule has 2 spiro atoms. The molecule has 0 aromatic heterocycles. The third-order valence-corrected chi connectivity index (χ3v) is 9.33. The maximum atomic E-state index is 14.1. The molecule has 3 nitrogen and oxygen atoms in total. The van der Waals surface area contributed by atoms with E-state index in [0.29, 0.717) is 0 Å². The Labute approximate surface area is 168 Å². The lowest BCUT2D eigenvalue weighted by atomic mass is 9.74. The number of piperidine rings is 1. The third-order valence-electron chi connectivity index (χ3n) is 9.33. The van der Waals surface area contributed by atoms with Gasteiger partial charge in [0.1, 0.15) is 5.82 Å². The van der Waals surface area contributed by atoms with E-state index in [-0.39, 0.29) is 11.2 Å². The van der Waals surface area contributed by atoms with E-state index >= 15 is 0 Å². The van der Waals surface area contributed by atoms with Crippen LogP contribution in [0.1, 0.15) is 50.5 Å². The van der Waals surface area contributed by atoms with Crippen LogP contribution in [0.2, 0.25) is 0 Å². The normalized spacial score (nSPS) is 37.9. The maximum absolute atomic E-state index is 14.1. The first-order valence-corrected chi connectivity index (χ1v) is 11.4. The Balaban J connectivity index is 1.19. The molecule has 2 aliphatic heterocycles. The average molecular weight is 385 g/mol. The van der Waals surface area contributed by atoms with Gasteiger partial charge in [-0.1, -0.05) is 0 Å². The summed E-state index contributed by atoms with van der Waals surface area (Å²) in [6.07, 6.45) is 9.82. The summed E-state index contributed by atoms with van der Waals surface area (Å²) in [6.45, 7) is 5.03. The van der Waals surface area contributed by atoms with Crippen LogP contribution in [0.15, 0.2) is 18.2 Å². The standard InChI is InChI=1S/C24H33FN2O/c1-28-11-10-27-16-23(21-13-19(25)4-5-22(21)27)6-8-26(9-7-23)20-12-17-2-3-18-14-24(17,18)15-20/h4-5,13,17-18,20H,2-3,6-12,14-16H2,1H3. The molecule has 6 rings (SSSR count). The average Bonchev–Trinajstić information content (AvgIpc) is 2.97. The van der Waals surface area contributed by atoms with Gasteiger partial charge in [0.25, 0.3) is 0 Å². The minimum Gasteiger partial charge on any atom is -0.383 e. The monoisotopic (exact) mass is 384 g/mol. The smallest absolute Gasteiger partial charge is 0.123 e. The summed E-state index contributed by atoms with van der Waals surface area (Å²) in [5, 5.41) is 0. The third kappa shape index (κ3) is 2.46. The van der Waals surface area contributed by atoms with Crippen molar-refractivity contribution in [3.8, 4) is 0 Å². The summed E-state index contributed by atoms with van der Waals surface area (Å²) in [6, 6.07) is 6.26. The summed E-state index contributed by atoms with van der Waals surface area (Å²) in [5.74, 6) is 2.03. The molecule has 28 heavy (non-hydrogen) atoms. The van der Waals surface area contributed by atoms with Crippen LogP contribution in [-0.2, 0) is 10.2 Å². The highest BCUT2D eigenvalue weighted by molar-refractivity contribution is 5.63. The van der Waals surface area contributed by atoms with Crippen molar-refractivity contribution in [1.82, 2.24) is 4.90 Å². The van der Waals surface area contributed by atoms with Crippen LogP contribution in [0.25, 0.3) is 0 Å². The predicted molar refractivity (Wildman–Crippen MR) is 109 cm³/mol. The quantitative estimate of drug-likeness (QED) is 0.774. The molecule has 0 amide bonds. The second kappa shape index (κ2) is 6.18. The molecule has 152 valence electrons. The lowest BCUT2D eigenvalue weighted by Gasteiger charge is -2.42. The van der Waals surface area contributed by atoms with Gasteiger partial charge in [0.05, 0.1) is 6.61 Å². The van der Waals surface area contributed by atoms with Crippen molar-refractivity contribution >= 4 is 5.69 Å². The van der Waals surface area contributed by atoms with Crippen LogP contribution in [0.5, 0.6) is 0 Å². The Morgan fingerprint density at radius 3 is 2.71 bits per heavy atom. The molecule has 3 aliphatic carbocycles. The van der Waals surface area contributed by atoms with Gasteiger partial charge >= 0.3 is 0 Å². The summed E-state index contributed by atoms with van der Waals surface area (Å²) < 4.78 is 19.5. The van der Waals surface area contributed by atoms with E-state index in [0.717, 1.165) is 43.0 Å². The number of methoxy groups -OCH3 is 1. The molecule has 0 N–H and O–H groups in total. The van der Waals surface area contributed by atoms with E-state index in [1.165, 1.54) is 69.3 Å². The number of hydrogen-bond acceptors (Lipinski definition) is 3. The first-order valence-electron chi connectivity index (χ1n) is 11.4. The number of benzene rings is 1. The summed E-state index contributed by atoms with van der Waals surface area (Å²) >= 11 is 0. The molecule has 1 aromatic carbocycles. The fraction of sp³-hybridized carbons (Fsp3) is 0.750. The lowest BCUT2D eigenvalue weighted by molar-refractivity contribution is 0.115. The van der Waals surface area contributed by atoms with E-state index < -0.39 is 0 Å². The van der Waals surface area contributed by atoms with Gasteiger partial charge in [0.2, 0.25) is 0 Å². The van der Waals surface area contributed by atoms with Crippen molar-refractivity contribution in [1.29, 1.82) is 0 Å². The number of rotatable bonds is 4. The second-order valence-electron chi connectivity index (χ2n) is 10.4. The number of nitrogens with zero attached hydrogens (tertiary/aromatic N) is 2. The van der Waals surface area contributed by atoms with Crippen LogP contribution in [0.4, 0.5) is 10.1 Å². The number of halogens is 1. The van der Waals surface area contributed by atoms with Gasteiger partial charge in [-0.3, -0.25) is 0 Å². The highest BCUT2D eigenvalue weighted by atomic mass is 19.1. The lowest BCUT2D eigenvalue weighted by Crippen LogP contribution is -2.48. The molecule has 4 atom stereocenters. The van der Waals surface area contributed by atoms with Crippen molar-refractivity contribution in [2.45, 2.75) is 56.4 Å². The molecule has 0 bridgehead atoms. The Morgan fingerprint density at radius 2 is 1.96 bits per heavy atom. The molecule has 1 aromatic rings. The fourth-order valence-corrected chi connectivity index (χ4v) is 7.77. The van der Waals surface area contributed by atoms with E-state index in [4.69, 9.17) is 4.74 Å². The van der Waals surface area contributed by atoms with Gasteiger partial charge in [-0.05, 0) is 99.0 Å². The van der Waals surface area contributed by atoms with E-state index in [9.17, 15) is 4.39 Å². The molecule has 1 saturated heterocycles. The second-order valence-corrected chi connectivity index (χ2v) is 10.4. The molecule has 4 fully saturated rings. The van der Waals surface area contributed by atoms with Crippen LogP contribution in [-0.4, -0.2) is 50.8 Å².